The Labute approximate surface area is 111 Å². The minimum atomic E-state index is -0.905. The molecule has 3 rings (SSSR count). The third kappa shape index (κ3) is 2.26. The summed E-state index contributed by atoms with van der Waals surface area (Å²) < 4.78 is 11.8. The van der Waals surface area contributed by atoms with E-state index in [0.29, 0.717) is 5.75 Å². The largest absolute Gasteiger partial charge is 0.481 e. The zero-order chi connectivity index (χ0) is 13.5. The van der Waals surface area contributed by atoms with Gasteiger partial charge in [0.05, 0.1) is 6.42 Å². The van der Waals surface area contributed by atoms with E-state index in [9.17, 15) is 4.79 Å². The molecule has 5 heteroatoms. The van der Waals surface area contributed by atoms with E-state index in [1.54, 1.807) is 6.07 Å². The minimum absolute atomic E-state index is 0.0925. The Morgan fingerprint density at radius 2 is 2.00 bits per heavy atom. The summed E-state index contributed by atoms with van der Waals surface area (Å²) in [7, 11) is 0. The Bertz CT molecular complexity index is 508. The first-order valence-corrected chi connectivity index (χ1v) is 6.57. The molecule has 1 atom stereocenters. The number of rotatable bonds is 3. The minimum Gasteiger partial charge on any atom is -0.481 e. The van der Waals surface area contributed by atoms with Crippen molar-refractivity contribution in [3.05, 3.63) is 23.8 Å². The van der Waals surface area contributed by atoms with Gasteiger partial charge < -0.3 is 20.3 Å². The molecule has 19 heavy (non-hydrogen) atoms. The number of hydrogen-bond acceptors (Lipinski definition) is 4. The van der Waals surface area contributed by atoms with Crippen molar-refractivity contribution >= 4 is 5.97 Å². The van der Waals surface area contributed by atoms with Crippen LogP contribution in [0.2, 0.25) is 0 Å². The van der Waals surface area contributed by atoms with E-state index < -0.39 is 17.8 Å². The van der Waals surface area contributed by atoms with Gasteiger partial charge in [-0.15, -0.1) is 0 Å². The molecule has 1 aliphatic carbocycles. The number of fused-ring (bicyclic) bond motifs is 1. The highest BCUT2D eigenvalue weighted by Crippen LogP contribution is 2.47. The maximum absolute atomic E-state index is 10.7. The fraction of sp³-hybridized carbons (Fsp3) is 0.500. The van der Waals surface area contributed by atoms with Crippen molar-refractivity contribution in [2.45, 2.75) is 43.9 Å². The summed E-state index contributed by atoms with van der Waals surface area (Å²) in [6.07, 6.45) is 3.93. The summed E-state index contributed by atoms with van der Waals surface area (Å²) in [6, 6.07) is 4.91. The molecule has 1 fully saturated rings. The average Bonchev–Trinajstić information content (AvgIpc) is 2.94. The van der Waals surface area contributed by atoms with Gasteiger partial charge >= 0.3 is 5.97 Å². The number of ether oxygens (including phenoxy) is 2. The van der Waals surface area contributed by atoms with E-state index in [1.807, 2.05) is 12.1 Å². The van der Waals surface area contributed by atoms with Crippen molar-refractivity contribution in [2.24, 2.45) is 5.73 Å². The van der Waals surface area contributed by atoms with Crippen LogP contribution in [0.5, 0.6) is 11.5 Å². The zero-order valence-corrected chi connectivity index (χ0v) is 10.6. The van der Waals surface area contributed by atoms with Gasteiger partial charge in [0.2, 0.25) is 0 Å². The topological polar surface area (TPSA) is 81.8 Å². The fourth-order valence-electron chi connectivity index (χ4n) is 2.76. The van der Waals surface area contributed by atoms with Gasteiger partial charge in [0, 0.05) is 18.9 Å². The van der Waals surface area contributed by atoms with Crippen LogP contribution in [0.4, 0.5) is 0 Å². The quantitative estimate of drug-likeness (QED) is 0.873. The van der Waals surface area contributed by atoms with Crippen molar-refractivity contribution in [2.75, 3.05) is 0 Å². The summed E-state index contributed by atoms with van der Waals surface area (Å²) in [5, 5.41) is 8.77. The number of aliphatic carboxylic acids is 1. The van der Waals surface area contributed by atoms with Gasteiger partial charge in [0.25, 0.3) is 5.79 Å². The monoisotopic (exact) mass is 263 g/mol. The first-order valence-electron chi connectivity index (χ1n) is 6.57. The van der Waals surface area contributed by atoms with Crippen LogP contribution in [0, 0.1) is 0 Å². The van der Waals surface area contributed by atoms with Gasteiger partial charge in [-0.2, -0.15) is 0 Å². The molecule has 1 unspecified atom stereocenters. The van der Waals surface area contributed by atoms with Gasteiger partial charge in [-0.25, -0.2) is 0 Å². The van der Waals surface area contributed by atoms with Gasteiger partial charge in [0.1, 0.15) is 0 Å². The molecule has 1 spiro atoms. The van der Waals surface area contributed by atoms with Crippen LogP contribution >= 0.6 is 0 Å². The molecular weight excluding hydrogens is 246 g/mol. The molecule has 0 amide bonds. The maximum atomic E-state index is 10.7. The molecule has 102 valence electrons. The third-order valence-electron chi connectivity index (χ3n) is 3.75. The van der Waals surface area contributed by atoms with Gasteiger partial charge in [-0.3, -0.25) is 4.79 Å². The van der Waals surface area contributed by atoms with E-state index in [1.165, 1.54) is 0 Å². The Morgan fingerprint density at radius 3 is 2.68 bits per heavy atom. The lowest BCUT2D eigenvalue weighted by Gasteiger charge is -2.21. The highest BCUT2D eigenvalue weighted by Gasteiger charge is 2.44. The first-order chi connectivity index (χ1) is 9.08. The molecule has 1 saturated carbocycles. The van der Waals surface area contributed by atoms with E-state index >= 15 is 0 Å². The maximum Gasteiger partial charge on any atom is 0.305 e. The summed E-state index contributed by atoms with van der Waals surface area (Å²) >= 11 is 0. The Morgan fingerprint density at radius 1 is 1.32 bits per heavy atom. The Balaban J connectivity index is 1.81. The van der Waals surface area contributed by atoms with Crippen molar-refractivity contribution in [3.63, 3.8) is 0 Å². The van der Waals surface area contributed by atoms with E-state index in [4.69, 9.17) is 20.3 Å². The summed E-state index contributed by atoms with van der Waals surface area (Å²) in [5.74, 6) is 0.0172. The predicted octanol–water partition coefficient (Wildman–Crippen LogP) is 2.20. The summed E-state index contributed by atoms with van der Waals surface area (Å²) in [6.45, 7) is 0. The molecule has 0 bridgehead atoms. The molecule has 1 aromatic rings. The van der Waals surface area contributed by atoms with Crippen LogP contribution in [0.25, 0.3) is 0 Å². The molecule has 3 N–H and O–H groups in total. The number of benzene rings is 1. The molecule has 5 nitrogen and oxygen atoms in total. The van der Waals surface area contributed by atoms with E-state index in [2.05, 4.69) is 0 Å². The van der Waals surface area contributed by atoms with Crippen LogP contribution in [-0.2, 0) is 4.79 Å². The van der Waals surface area contributed by atoms with Crippen LogP contribution in [-0.4, -0.2) is 16.9 Å². The smallest absolute Gasteiger partial charge is 0.305 e. The van der Waals surface area contributed by atoms with Crippen molar-refractivity contribution < 1.29 is 19.4 Å². The highest BCUT2D eigenvalue weighted by molar-refractivity contribution is 5.68. The summed E-state index contributed by atoms with van der Waals surface area (Å²) in [4.78, 5) is 10.7. The normalized spacial score (nSPS) is 20.7. The van der Waals surface area contributed by atoms with E-state index in [-0.39, 0.29) is 6.42 Å². The molecule has 0 radical (unpaired) electrons. The second-order valence-corrected chi connectivity index (χ2v) is 5.23. The standard InChI is InChI=1S/C14H17NO4/c15-10(8-13(16)17)9-3-4-11-12(7-9)19-14(18-11)5-1-2-6-14/h3-4,7,10H,1-2,5-6,8,15H2,(H,16,17). The van der Waals surface area contributed by atoms with E-state index in [0.717, 1.165) is 37.0 Å². The number of carboxylic acids is 1. The van der Waals surface area contributed by atoms with Gasteiger partial charge in [-0.1, -0.05) is 6.07 Å². The van der Waals surface area contributed by atoms with Gasteiger partial charge in [0.15, 0.2) is 11.5 Å². The number of hydrogen-bond donors (Lipinski definition) is 2. The fourth-order valence-corrected chi connectivity index (χ4v) is 2.76. The molecule has 2 aliphatic rings. The lowest BCUT2D eigenvalue weighted by molar-refractivity contribution is -0.137. The second-order valence-electron chi connectivity index (χ2n) is 5.23. The zero-order valence-electron chi connectivity index (χ0n) is 10.6. The molecule has 1 aliphatic heterocycles. The SMILES string of the molecule is NC(CC(=O)O)c1ccc2c(c1)OC1(CCCC1)O2. The lowest BCUT2D eigenvalue weighted by atomic mass is 10.0. The molecule has 0 saturated heterocycles. The number of carbonyl (C=O) groups is 1. The molecule has 1 aromatic carbocycles. The third-order valence-corrected chi connectivity index (χ3v) is 3.75. The second kappa shape index (κ2) is 4.42. The Kier molecular flexibility index (Phi) is 2.86. The van der Waals surface area contributed by atoms with Crippen molar-refractivity contribution in [1.82, 2.24) is 0 Å². The highest BCUT2D eigenvalue weighted by atomic mass is 16.7. The lowest BCUT2D eigenvalue weighted by Crippen LogP contribution is -2.34. The van der Waals surface area contributed by atoms with Crippen LogP contribution in [0.1, 0.15) is 43.7 Å². The van der Waals surface area contributed by atoms with Gasteiger partial charge in [-0.05, 0) is 30.5 Å². The van der Waals surface area contributed by atoms with Crippen LogP contribution in [0.15, 0.2) is 18.2 Å². The predicted molar refractivity (Wildman–Crippen MR) is 68.1 cm³/mol. The Hall–Kier alpha value is -1.75. The molecular formula is C14H17NO4. The molecule has 0 aromatic heterocycles. The summed E-state index contributed by atoms with van der Waals surface area (Å²) in [5.41, 5.74) is 6.62. The van der Waals surface area contributed by atoms with Crippen LogP contribution < -0.4 is 15.2 Å². The van der Waals surface area contributed by atoms with Crippen molar-refractivity contribution in [3.8, 4) is 11.5 Å². The van der Waals surface area contributed by atoms with Crippen LogP contribution in [0.3, 0.4) is 0 Å². The molecule has 1 heterocycles. The number of nitrogens with two attached hydrogens (primary N) is 1. The van der Waals surface area contributed by atoms with Crippen molar-refractivity contribution in [1.29, 1.82) is 0 Å². The number of carboxylic acid groups (broad SMARTS) is 1. The average molecular weight is 263 g/mol. The first kappa shape index (κ1) is 12.3.